The molecule has 5 nitrogen and oxygen atoms in total. The molecule has 9 rings (SSSR count). The maximum Gasteiger partial charge on any atom is 0.164 e. The maximum absolute atomic E-state index is 9.51. The van der Waals surface area contributed by atoms with E-state index in [0.717, 1.165) is 72.0 Å². The summed E-state index contributed by atoms with van der Waals surface area (Å²) in [6.07, 6.45) is 0. The normalized spacial score (nSPS) is 11.1. The molecule has 0 N–H and O–H groups in total. The van der Waals surface area contributed by atoms with Gasteiger partial charge in [-0.3, -0.25) is 0 Å². The smallest absolute Gasteiger partial charge is 0.164 e. The predicted octanol–water partition coefficient (Wildman–Crippen LogP) is 11.6. The molecule has 0 spiro atoms. The van der Waals surface area contributed by atoms with Crippen molar-refractivity contribution in [3.63, 3.8) is 0 Å². The van der Waals surface area contributed by atoms with Gasteiger partial charge < -0.3 is 4.42 Å². The van der Waals surface area contributed by atoms with Gasteiger partial charge in [0.25, 0.3) is 0 Å². The summed E-state index contributed by atoms with van der Waals surface area (Å²) in [4.78, 5) is 15.2. The van der Waals surface area contributed by atoms with Crippen LogP contribution >= 0.6 is 0 Å². The Hall–Kier alpha value is -7.16. The number of furan rings is 1. The number of aromatic nitrogens is 3. The lowest BCUT2D eigenvalue weighted by atomic mass is 9.93. The molecule has 5 heteroatoms. The first-order valence-corrected chi connectivity index (χ1v) is 16.8. The van der Waals surface area contributed by atoms with Crippen LogP contribution in [0.3, 0.4) is 0 Å². The Balaban J connectivity index is 1.40. The zero-order valence-electron chi connectivity index (χ0n) is 27.4. The van der Waals surface area contributed by atoms with Gasteiger partial charge in [0.1, 0.15) is 11.2 Å². The zero-order chi connectivity index (χ0) is 34.1. The molecular formula is C46H28N4O. The molecule has 238 valence electrons. The molecule has 51 heavy (non-hydrogen) atoms. The van der Waals surface area contributed by atoms with E-state index in [0.29, 0.717) is 23.0 Å². The Kier molecular flexibility index (Phi) is 7.46. The number of benzene rings is 7. The molecule has 0 fully saturated rings. The zero-order valence-corrected chi connectivity index (χ0v) is 27.4. The second kappa shape index (κ2) is 12.7. The molecule has 0 unspecified atom stereocenters. The molecule has 0 amide bonds. The van der Waals surface area contributed by atoms with E-state index >= 15 is 0 Å². The maximum atomic E-state index is 9.51. The van der Waals surface area contributed by atoms with Crippen LogP contribution in [0.2, 0.25) is 0 Å². The van der Waals surface area contributed by atoms with Gasteiger partial charge in [-0.05, 0) is 58.7 Å². The first kappa shape index (κ1) is 29.9. The van der Waals surface area contributed by atoms with E-state index in [4.69, 9.17) is 19.4 Å². The number of hydrogen-bond donors (Lipinski definition) is 0. The van der Waals surface area contributed by atoms with Crippen molar-refractivity contribution in [3.05, 3.63) is 175 Å². The summed E-state index contributed by atoms with van der Waals surface area (Å²) in [6, 6.07) is 59.2. The van der Waals surface area contributed by atoms with E-state index < -0.39 is 0 Å². The molecule has 9 aromatic rings. The second-order valence-corrected chi connectivity index (χ2v) is 12.3. The average molecular weight is 653 g/mol. The summed E-state index contributed by atoms with van der Waals surface area (Å²) in [5, 5.41) is 11.4. The van der Waals surface area contributed by atoms with Crippen molar-refractivity contribution < 1.29 is 4.42 Å². The Morgan fingerprint density at radius 1 is 0.392 bits per heavy atom. The van der Waals surface area contributed by atoms with Gasteiger partial charge in [0, 0.05) is 38.6 Å². The van der Waals surface area contributed by atoms with Gasteiger partial charge >= 0.3 is 0 Å². The molecule has 7 aromatic carbocycles. The summed E-state index contributed by atoms with van der Waals surface area (Å²) in [7, 11) is 0. The molecule has 0 aliphatic heterocycles. The summed E-state index contributed by atoms with van der Waals surface area (Å²) in [5.41, 5.74) is 10.8. The van der Waals surface area contributed by atoms with Gasteiger partial charge in [0.2, 0.25) is 0 Å². The molecule has 0 radical (unpaired) electrons. The molecule has 2 heterocycles. The Labute approximate surface area is 294 Å². The fourth-order valence-corrected chi connectivity index (χ4v) is 6.68. The standard InChI is InChI=1S/C46H28N4O/c47-29-30-21-23-33(24-22-30)37-25-26-38(46-49-44(34-17-9-3-10-18-34)48-45(50-46)35-19-11-4-12-20-35)41-40-28-36(31-13-5-1-6-14-31)27-39(42(40)51-43(37)41)32-15-7-2-8-16-32/h1-28H. The number of rotatable bonds is 6. The molecule has 0 atom stereocenters. The minimum atomic E-state index is 0.549. The van der Waals surface area contributed by atoms with E-state index in [1.54, 1.807) is 0 Å². The average Bonchev–Trinajstić information content (AvgIpc) is 3.61. The lowest BCUT2D eigenvalue weighted by Crippen LogP contribution is -2.00. The summed E-state index contributed by atoms with van der Waals surface area (Å²) < 4.78 is 7.03. The summed E-state index contributed by atoms with van der Waals surface area (Å²) >= 11 is 0. The topological polar surface area (TPSA) is 75.6 Å². The molecule has 0 saturated heterocycles. The molecule has 0 aliphatic carbocycles. The van der Waals surface area contributed by atoms with Crippen molar-refractivity contribution >= 4 is 21.9 Å². The number of nitrogens with zero attached hydrogens (tertiary/aromatic N) is 4. The highest BCUT2D eigenvalue weighted by molar-refractivity contribution is 6.19. The van der Waals surface area contributed by atoms with Crippen LogP contribution in [-0.4, -0.2) is 15.0 Å². The monoisotopic (exact) mass is 652 g/mol. The Morgan fingerprint density at radius 2 is 0.882 bits per heavy atom. The van der Waals surface area contributed by atoms with Crippen LogP contribution in [0.5, 0.6) is 0 Å². The van der Waals surface area contributed by atoms with Crippen LogP contribution in [0.1, 0.15) is 5.56 Å². The van der Waals surface area contributed by atoms with E-state index in [-0.39, 0.29) is 0 Å². The predicted molar refractivity (Wildman–Crippen MR) is 204 cm³/mol. The van der Waals surface area contributed by atoms with Crippen molar-refractivity contribution in [1.29, 1.82) is 5.26 Å². The number of fused-ring (bicyclic) bond motifs is 3. The van der Waals surface area contributed by atoms with Crippen molar-refractivity contribution in [1.82, 2.24) is 15.0 Å². The van der Waals surface area contributed by atoms with Gasteiger partial charge in [-0.1, -0.05) is 133 Å². The fourth-order valence-electron chi connectivity index (χ4n) is 6.68. The first-order chi connectivity index (χ1) is 25.2. The minimum Gasteiger partial charge on any atom is -0.455 e. The van der Waals surface area contributed by atoms with E-state index in [9.17, 15) is 5.26 Å². The largest absolute Gasteiger partial charge is 0.455 e. The summed E-state index contributed by atoms with van der Waals surface area (Å²) in [6.45, 7) is 0. The third-order valence-electron chi connectivity index (χ3n) is 9.18. The van der Waals surface area contributed by atoms with Crippen LogP contribution < -0.4 is 0 Å². The molecule has 0 aliphatic rings. The third-order valence-corrected chi connectivity index (χ3v) is 9.18. The van der Waals surface area contributed by atoms with Gasteiger partial charge in [-0.25, -0.2) is 15.0 Å². The quantitative estimate of drug-likeness (QED) is 0.179. The van der Waals surface area contributed by atoms with Crippen LogP contribution in [0.4, 0.5) is 0 Å². The number of hydrogen-bond acceptors (Lipinski definition) is 5. The van der Waals surface area contributed by atoms with E-state index in [1.165, 1.54) is 0 Å². The first-order valence-electron chi connectivity index (χ1n) is 16.8. The van der Waals surface area contributed by atoms with Crippen molar-refractivity contribution in [2.75, 3.05) is 0 Å². The van der Waals surface area contributed by atoms with E-state index in [2.05, 4.69) is 66.7 Å². The van der Waals surface area contributed by atoms with Crippen molar-refractivity contribution in [2.45, 2.75) is 0 Å². The van der Waals surface area contributed by atoms with Crippen LogP contribution in [0.25, 0.3) is 89.5 Å². The second-order valence-electron chi connectivity index (χ2n) is 12.3. The molecule has 2 aromatic heterocycles. The highest BCUT2D eigenvalue weighted by atomic mass is 16.3. The minimum absolute atomic E-state index is 0.549. The lowest BCUT2D eigenvalue weighted by molar-refractivity contribution is 0.671. The van der Waals surface area contributed by atoms with Gasteiger partial charge in [0.05, 0.1) is 11.6 Å². The van der Waals surface area contributed by atoms with Crippen LogP contribution in [0.15, 0.2) is 174 Å². The van der Waals surface area contributed by atoms with Crippen LogP contribution in [-0.2, 0) is 0 Å². The van der Waals surface area contributed by atoms with Gasteiger partial charge in [0.15, 0.2) is 17.5 Å². The van der Waals surface area contributed by atoms with Gasteiger partial charge in [-0.15, -0.1) is 0 Å². The third kappa shape index (κ3) is 5.51. The fraction of sp³-hybridized carbons (Fsp3) is 0. The summed E-state index contributed by atoms with van der Waals surface area (Å²) in [5.74, 6) is 1.73. The lowest BCUT2D eigenvalue weighted by Gasteiger charge is -2.11. The highest BCUT2D eigenvalue weighted by Crippen LogP contribution is 2.46. The molecule has 0 saturated carbocycles. The molecular weight excluding hydrogens is 625 g/mol. The van der Waals surface area contributed by atoms with Crippen molar-refractivity contribution in [3.8, 4) is 73.6 Å². The van der Waals surface area contributed by atoms with Crippen LogP contribution in [0, 0.1) is 11.3 Å². The SMILES string of the molecule is N#Cc1ccc(-c2ccc(-c3nc(-c4ccccc4)nc(-c4ccccc4)n3)c3c2oc2c(-c4ccccc4)cc(-c4ccccc4)cc23)cc1. The Morgan fingerprint density at radius 3 is 1.45 bits per heavy atom. The molecule has 0 bridgehead atoms. The Bertz CT molecular complexity index is 2660. The van der Waals surface area contributed by atoms with Crippen molar-refractivity contribution in [2.24, 2.45) is 0 Å². The van der Waals surface area contributed by atoms with Gasteiger partial charge in [-0.2, -0.15) is 5.26 Å². The van der Waals surface area contributed by atoms with E-state index in [1.807, 2.05) is 109 Å². The highest BCUT2D eigenvalue weighted by Gasteiger charge is 2.23. The number of nitriles is 1.